The van der Waals surface area contributed by atoms with Crippen molar-refractivity contribution in [1.82, 2.24) is 20.1 Å². The van der Waals surface area contributed by atoms with Crippen LogP contribution in [0.15, 0.2) is 54.7 Å². The van der Waals surface area contributed by atoms with Gasteiger partial charge in [0.15, 0.2) is 0 Å². The van der Waals surface area contributed by atoms with Gasteiger partial charge in [-0.2, -0.15) is 5.10 Å². The summed E-state index contributed by atoms with van der Waals surface area (Å²) in [6, 6.07) is 16.0. The van der Waals surface area contributed by atoms with Crippen molar-refractivity contribution in [3.8, 4) is 11.4 Å². The quantitative estimate of drug-likeness (QED) is 0.691. The number of amides is 1. The van der Waals surface area contributed by atoms with Crippen LogP contribution in [0.1, 0.15) is 47.8 Å². The molecule has 1 saturated carbocycles. The molecule has 1 aromatic carbocycles. The lowest BCUT2D eigenvalue weighted by Gasteiger charge is -2.13. The molecule has 0 bridgehead atoms. The molecule has 1 fully saturated rings. The van der Waals surface area contributed by atoms with Crippen molar-refractivity contribution in [2.75, 3.05) is 19.0 Å². The fraction of sp³-hybridized carbons (Fsp3) is 0.348. The highest BCUT2D eigenvalue weighted by Gasteiger charge is 2.22. The van der Waals surface area contributed by atoms with Crippen LogP contribution in [-0.4, -0.2) is 34.8 Å². The number of anilines is 1. The molecule has 0 saturated heterocycles. The predicted octanol–water partition coefficient (Wildman–Crippen LogP) is 4.06. The van der Waals surface area contributed by atoms with Crippen LogP contribution < -0.4 is 10.2 Å². The van der Waals surface area contributed by atoms with Gasteiger partial charge in [0.05, 0.1) is 29.7 Å². The number of nitrogens with one attached hydrogen (secondary N) is 1. The fourth-order valence-electron chi connectivity index (χ4n) is 3.85. The Balaban J connectivity index is 1.50. The number of aromatic nitrogens is 3. The number of pyridine rings is 1. The molecule has 6 nitrogen and oxygen atoms in total. The van der Waals surface area contributed by atoms with E-state index in [1.807, 2.05) is 61.5 Å². The van der Waals surface area contributed by atoms with Gasteiger partial charge in [-0.1, -0.05) is 18.9 Å². The lowest BCUT2D eigenvalue weighted by atomic mass is 10.2. The Morgan fingerprint density at radius 3 is 2.55 bits per heavy atom. The van der Waals surface area contributed by atoms with Crippen molar-refractivity contribution < 1.29 is 4.79 Å². The number of hydrogen-bond acceptors (Lipinski definition) is 4. The first kappa shape index (κ1) is 19.2. The van der Waals surface area contributed by atoms with Crippen LogP contribution in [0.4, 0.5) is 5.69 Å². The van der Waals surface area contributed by atoms with Crippen molar-refractivity contribution in [3.63, 3.8) is 0 Å². The van der Waals surface area contributed by atoms with Gasteiger partial charge < -0.3 is 10.2 Å². The second-order valence-electron chi connectivity index (χ2n) is 7.74. The number of carbonyl (C=O) groups is 1. The number of rotatable bonds is 6. The van der Waals surface area contributed by atoms with E-state index in [-0.39, 0.29) is 5.91 Å². The largest absolute Gasteiger partial charge is 0.378 e. The van der Waals surface area contributed by atoms with E-state index in [9.17, 15) is 4.79 Å². The molecule has 0 spiro atoms. The number of hydrogen-bond donors (Lipinski definition) is 1. The van der Waals surface area contributed by atoms with Crippen molar-refractivity contribution >= 4 is 11.6 Å². The lowest BCUT2D eigenvalue weighted by Crippen LogP contribution is -2.23. The van der Waals surface area contributed by atoms with Crippen LogP contribution in [0.5, 0.6) is 0 Å². The standard InChI is InChI=1S/C23H27N5O/c1-27(2)19-12-10-17(11-13-19)23(29)25-16-18-15-22(21-9-5-6-14-24-21)28(26-18)20-7-3-4-8-20/h5-6,9-15,20H,3-4,7-8,16H2,1-2H3,(H,25,29). The number of nitrogens with zero attached hydrogens (tertiary/aromatic N) is 4. The molecule has 6 heteroatoms. The van der Waals surface area contributed by atoms with E-state index in [1.54, 1.807) is 6.20 Å². The van der Waals surface area contributed by atoms with Gasteiger partial charge in [-0.25, -0.2) is 0 Å². The molecule has 0 unspecified atom stereocenters. The molecule has 3 aromatic rings. The molecular weight excluding hydrogens is 362 g/mol. The van der Waals surface area contributed by atoms with Crippen molar-refractivity contribution in [2.24, 2.45) is 0 Å². The molecule has 2 aromatic heterocycles. The van der Waals surface area contributed by atoms with E-state index >= 15 is 0 Å². The molecular formula is C23H27N5O. The van der Waals surface area contributed by atoms with Crippen molar-refractivity contribution in [1.29, 1.82) is 0 Å². The van der Waals surface area contributed by atoms with E-state index < -0.39 is 0 Å². The van der Waals surface area contributed by atoms with Gasteiger partial charge in [-0.3, -0.25) is 14.5 Å². The van der Waals surface area contributed by atoms with Crippen LogP contribution in [0.3, 0.4) is 0 Å². The smallest absolute Gasteiger partial charge is 0.251 e. The molecule has 2 heterocycles. The van der Waals surface area contributed by atoms with E-state index in [0.717, 1.165) is 35.6 Å². The SMILES string of the molecule is CN(C)c1ccc(C(=O)NCc2cc(-c3ccccn3)n(C3CCCC3)n2)cc1. The maximum Gasteiger partial charge on any atom is 0.251 e. The van der Waals surface area contributed by atoms with Crippen LogP contribution in [0.2, 0.25) is 0 Å². The fourth-order valence-corrected chi connectivity index (χ4v) is 3.85. The Hall–Kier alpha value is -3.15. The average molecular weight is 390 g/mol. The molecule has 4 rings (SSSR count). The van der Waals surface area contributed by atoms with Gasteiger partial charge in [-0.15, -0.1) is 0 Å². The molecule has 29 heavy (non-hydrogen) atoms. The summed E-state index contributed by atoms with van der Waals surface area (Å²) in [5, 5.41) is 7.82. The van der Waals surface area contributed by atoms with Crippen LogP contribution >= 0.6 is 0 Å². The zero-order valence-electron chi connectivity index (χ0n) is 17.0. The minimum absolute atomic E-state index is 0.0925. The average Bonchev–Trinajstić information content (AvgIpc) is 3.42. The molecule has 1 aliphatic rings. The zero-order chi connectivity index (χ0) is 20.2. The second kappa shape index (κ2) is 8.47. The minimum Gasteiger partial charge on any atom is -0.378 e. The van der Waals surface area contributed by atoms with Gasteiger partial charge in [0.1, 0.15) is 0 Å². The third-order valence-electron chi connectivity index (χ3n) is 5.46. The van der Waals surface area contributed by atoms with Crippen LogP contribution in [0.25, 0.3) is 11.4 Å². The summed E-state index contributed by atoms with van der Waals surface area (Å²) >= 11 is 0. The van der Waals surface area contributed by atoms with Crippen LogP contribution in [0, 0.1) is 0 Å². The Morgan fingerprint density at radius 2 is 1.90 bits per heavy atom. The van der Waals surface area contributed by atoms with E-state index in [0.29, 0.717) is 18.2 Å². The summed E-state index contributed by atoms with van der Waals surface area (Å²) in [4.78, 5) is 19.1. The zero-order valence-corrected chi connectivity index (χ0v) is 17.0. The molecule has 150 valence electrons. The number of benzene rings is 1. The molecule has 0 atom stereocenters. The Bertz CT molecular complexity index is 957. The molecule has 0 radical (unpaired) electrons. The minimum atomic E-state index is -0.0925. The summed E-state index contributed by atoms with van der Waals surface area (Å²) in [6.45, 7) is 0.397. The molecule has 1 aliphatic carbocycles. The molecule has 1 amide bonds. The van der Waals surface area contributed by atoms with Gasteiger partial charge >= 0.3 is 0 Å². The van der Waals surface area contributed by atoms with Crippen molar-refractivity contribution in [3.05, 3.63) is 66.0 Å². The maximum atomic E-state index is 12.5. The Labute approximate surface area is 171 Å². The first-order valence-corrected chi connectivity index (χ1v) is 10.2. The number of carbonyl (C=O) groups excluding carboxylic acids is 1. The highest BCUT2D eigenvalue weighted by Crippen LogP contribution is 2.33. The monoisotopic (exact) mass is 389 g/mol. The van der Waals surface area contributed by atoms with Crippen LogP contribution in [-0.2, 0) is 6.54 Å². The third kappa shape index (κ3) is 4.31. The molecule has 0 aliphatic heterocycles. The summed E-state index contributed by atoms with van der Waals surface area (Å²) < 4.78 is 2.11. The Morgan fingerprint density at radius 1 is 1.14 bits per heavy atom. The van der Waals surface area contributed by atoms with Gasteiger partial charge in [0.2, 0.25) is 0 Å². The summed E-state index contributed by atoms with van der Waals surface area (Å²) in [6.07, 6.45) is 6.57. The van der Waals surface area contributed by atoms with Gasteiger partial charge in [0, 0.05) is 31.5 Å². The third-order valence-corrected chi connectivity index (χ3v) is 5.46. The normalized spacial score (nSPS) is 14.1. The summed E-state index contributed by atoms with van der Waals surface area (Å²) in [5.74, 6) is -0.0925. The lowest BCUT2D eigenvalue weighted by molar-refractivity contribution is 0.0950. The first-order valence-electron chi connectivity index (χ1n) is 10.2. The van der Waals surface area contributed by atoms with E-state index in [2.05, 4.69) is 21.0 Å². The van der Waals surface area contributed by atoms with Gasteiger partial charge in [-0.05, 0) is 55.3 Å². The Kier molecular flexibility index (Phi) is 5.60. The summed E-state index contributed by atoms with van der Waals surface area (Å²) in [7, 11) is 3.96. The maximum absolute atomic E-state index is 12.5. The molecule has 1 N–H and O–H groups in total. The van der Waals surface area contributed by atoms with E-state index in [1.165, 1.54) is 12.8 Å². The van der Waals surface area contributed by atoms with Crippen molar-refractivity contribution in [2.45, 2.75) is 38.3 Å². The second-order valence-corrected chi connectivity index (χ2v) is 7.74. The topological polar surface area (TPSA) is 63.1 Å². The predicted molar refractivity (Wildman–Crippen MR) is 115 cm³/mol. The highest BCUT2D eigenvalue weighted by atomic mass is 16.1. The highest BCUT2D eigenvalue weighted by molar-refractivity contribution is 5.94. The van der Waals surface area contributed by atoms with E-state index in [4.69, 9.17) is 5.10 Å². The summed E-state index contributed by atoms with van der Waals surface area (Å²) in [5.41, 5.74) is 4.52. The first-order chi connectivity index (χ1) is 14.1. The van der Waals surface area contributed by atoms with Gasteiger partial charge in [0.25, 0.3) is 5.91 Å².